The summed E-state index contributed by atoms with van der Waals surface area (Å²) < 4.78 is 0. The second-order valence-corrected chi connectivity index (χ2v) is 14.5. The number of nitrogens with zero attached hydrogens (tertiary/aromatic N) is 2. The normalized spacial score (nSPS) is 11.6. The topological polar surface area (TPSA) is 25.8 Å². The Hall–Kier alpha value is -7.42. The van der Waals surface area contributed by atoms with E-state index in [2.05, 4.69) is 200 Å². The summed E-state index contributed by atoms with van der Waals surface area (Å²) in [5.41, 5.74) is 14.4. The van der Waals surface area contributed by atoms with Crippen molar-refractivity contribution in [1.82, 2.24) is 9.97 Å². The molecule has 9 aromatic carbocycles. The molecule has 11 aromatic rings. The summed E-state index contributed by atoms with van der Waals surface area (Å²) in [5, 5.41) is 8.28. The van der Waals surface area contributed by atoms with Crippen LogP contribution in [0.1, 0.15) is 0 Å². The lowest BCUT2D eigenvalue weighted by Gasteiger charge is -2.16. The Balaban J connectivity index is 1.10. The molecule has 0 saturated carbocycles. The molecule has 0 unspecified atom stereocenters. The van der Waals surface area contributed by atoms with Crippen molar-refractivity contribution in [3.63, 3.8) is 0 Å². The van der Waals surface area contributed by atoms with Crippen LogP contribution in [0.15, 0.2) is 206 Å². The Morgan fingerprint density at radius 1 is 0.268 bits per heavy atom. The summed E-state index contributed by atoms with van der Waals surface area (Å²) >= 11 is 0. The van der Waals surface area contributed by atoms with E-state index in [1.807, 2.05) is 6.07 Å². The molecule has 0 atom stereocenters. The highest BCUT2D eigenvalue weighted by Gasteiger charge is 2.17. The third-order valence-electron chi connectivity index (χ3n) is 11.2. The van der Waals surface area contributed by atoms with Crippen LogP contribution in [0, 0.1) is 0 Å². The maximum atomic E-state index is 5.25. The Morgan fingerprint density at radius 2 is 0.839 bits per heavy atom. The number of fused-ring (bicyclic) bond motifs is 7. The summed E-state index contributed by atoms with van der Waals surface area (Å²) in [4.78, 5) is 10.5. The van der Waals surface area contributed by atoms with Gasteiger partial charge in [-0.3, -0.25) is 0 Å². The molecule has 0 aliphatic rings. The fourth-order valence-electron chi connectivity index (χ4n) is 8.44. The zero-order valence-electron chi connectivity index (χ0n) is 30.5. The minimum Gasteiger partial charge on any atom is -0.245 e. The quantitative estimate of drug-likeness (QED) is 0.131. The van der Waals surface area contributed by atoms with Gasteiger partial charge >= 0.3 is 0 Å². The zero-order chi connectivity index (χ0) is 37.0. The smallest absolute Gasteiger partial charge is 0.0978 e. The molecular weight excluding hydrogens is 677 g/mol. The molecule has 0 radical (unpaired) electrons. The van der Waals surface area contributed by atoms with Crippen LogP contribution in [0.4, 0.5) is 0 Å². The molecule has 11 rings (SSSR count). The highest BCUT2D eigenvalue weighted by atomic mass is 14.8. The third-order valence-corrected chi connectivity index (χ3v) is 11.2. The molecule has 2 heteroatoms. The Labute approximate surface area is 325 Å². The van der Waals surface area contributed by atoms with Gasteiger partial charge in [-0.05, 0) is 90.8 Å². The summed E-state index contributed by atoms with van der Waals surface area (Å²) in [6, 6.07) is 74.2. The van der Waals surface area contributed by atoms with Crippen molar-refractivity contribution in [3.05, 3.63) is 206 Å². The number of para-hydroxylation sites is 1. The van der Waals surface area contributed by atoms with Crippen molar-refractivity contribution in [3.8, 4) is 55.8 Å². The monoisotopic (exact) mass is 710 g/mol. The van der Waals surface area contributed by atoms with Gasteiger partial charge in [-0.25, -0.2) is 9.97 Å². The van der Waals surface area contributed by atoms with Gasteiger partial charge in [0.05, 0.1) is 22.2 Å². The predicted molar refractivity (Wildman–Crippen MR) is 237 cm³/mol. The van der Waals surface area contributed by atoms with Crippen LogP contribution in [0.2, 0.25) is 0 Å². The van der Waals surface area contributed by atoms with E-state index in [1.165, 1.54) is 60.5 Å². The molecule has 0 aliphatic carbocycles. The molecule has 0 amide bonds. The van der Waals surface area contributed by atoms with Crippen molar-refractivity contribution < 1.29 is 0 Å². The molecule has 2 heterocycles. The molecule has 0 fully saturated rings. The summed E-state index contributed by atoms with van der Waals surface area (Å²) in [6.45, 7) is 0. The van der Waals surface area contributed by atoms with Gasteiger partial charge in [0.15, 0.2) is 0 Å². The van der Waals surface area contributed by atoms with Crippen LogP contribution in [0.3, 0.4) is 0 Å². The Bertz CT molecular complexity index is 3260. The van der Waals surface area contributed by atoms with Gasteiger partial charge in [-0.2, -0.15) is 0 Å². The lowest BCUT2D eigenvalue weighted by Crippen LogP contribution is -1.93. The average Bonchev–Trinajstić information content (AvgIpc) is 3.28. The highest BCUT2D eigenvalue weighted by molar-refractivity contribution is 6.17. The molecule has 0 saturated heterocycles. The fourth-order valence-corrected chi connectivity index (χ4v) is 8.44. The van der Waals surface area contributed by atoms with Gasteiger partial charge in [0.2, 0.25) is 0 Å². The lowest BCUT2D eigenvalue weighted by atomic mass is 9.88. The molecule has 2 aromatic heterocycles. The fraction of sp³-hybridized carbons (Fsp3) is 0. The summed E-state index contributed by atoms with van der Waals surface area (Å²) in [5.74, 6) is 0. The number of aromatic nitrogens is 2. The predicted octanol–water partition coefficient (Wildman–Crippen LogP) is 14.6. The Morgan fingerprint density at radius 3 is 1.61 bits per heavy atom. The van der Waals surface area contributed by atoms with Crippen LogP contribution in [-0.4, -0.2) is 9.97 Å². The first-order valence-electron chi connectivity index (χ1n) is 19.1. The molecule has 260 valence electrons. The maximum absolute atomic E-state index is 5.25. The molecule has 56 heavy (non-hydrogen) atoms. The lowest BCUT2D eigenvalue weighted by molar-refractivity contribution is 1.39. The first-order chi connectivity index (χ1) is 27.7. The van der Waals surface area contributed by atoms with E-state index in [4.69, 9.17) is 9.97 Å². The zero-order valence-corrected chi connectivity index (χ0v) is 30.5. The first kappa shape index (κ1) is 32.0. The molecule has 0 spiro atoms. The van der Waals surface area contributed by atoms with E-state index in [1.54, 1.807) is 0 Å². The van der Waals surface area contributed by atoms with Crippen LogP contribution < -0.4 is 0 Å². The van der Waals surface area contributed by atoms with Crippen molar-refractivity contribution >= 4 is 54.3 Å². The summed E-state index contributed by atoms with van der Waals surface area (Å²) in [6.07, 6.45) is 0. The van der Waals surface area contributed by atoms with Crippen LogP contribution in [0.25, 0.3) is 110 Å². The second-order valence-electron chi connectivity index (χ2n) is 14.5. The molecule has 0 aliphatic heterocycles. The second kappa shape index (κ2) is 13.2. The average molecular weight is 711 g/mol. The Kier molecular flexibility index (Phi) is 7.53. The largest absolute Gasteiger partial charge is 0.245 e. The van der Waals surface area contributed by atoms with Crippen molar-refractivity contribution in [1.29, 1.82) is 0 Å². The van der Waals surface area contributed by atoms with E-state index < -0.39 is 0 Å². The van der Waals surface area contributed by atoms with E-state index in [9.17, 15) is 0 Å². The molecule has 0 N–H and O–H groups in total. The summed E-state index contributed by atoms with van der Waals surface area (Å²) in [7, 11) is 0. The minimum absolute atomic E-state index is 0.916. The van der Waals surface area contributed by atoms with Gasteiger partial charge in [0.1, 0.15) is 0 Å². The number of hydrogen-bond acceptors (Lipinski definition) is 2. The van der Waals surface area contributed by atoms with Crippen molar-refractivity contribution in [2.75, 3.05) is 0 Å². The van der Waals surface area contributed by atoms with Crippen LogP contribution in [0.5, 0.6) is 0 Å². The standard InChI is InChI=1S/C54H34N2/c1-4-12-35(13-5-1)42-25-22-38-26-29-44-47(33-43(34-49(44)48(38)32-42)36-14-6-2-7-15-36)37-20-23-40(24-21-37)52-45-18-10-11-19-51(45)56-54-46(52)30-27-41-28-31-50(55-53(41)54)39-16-8-3-9-17-39/h1-34H. The third kappa shape index (κ3) is 5.42. The molecular formula is C54H34N2. The number of rotatable bonds is 5. The first-order valence-corrected chi connectivity index (χ1v) is 19.1. The minimum atomic E-state index is 0.916. The number of benzene rings is 9. The number of hydrogen-bond donors (Lipinski definition) is 0. The van der Waals surface area contributed by atoms with Gasteiger partial charge in [-0.1, -0.05) is 176 Å². The van der Waals surface area contributed by atoms with Crippen LogP contribution in [-0.2, 0) is 0 Å². The SMILES string of the molecule is c1ccc(-c2ccc3ccc4c(-c5ccc(-c6c7ccccc7nc7c6ccc6ccc(-c8ccccc8)nc67)cc5)cc(-c5ccccc5)cc4c3c2)cc1. The van der Waals surface area contributed by atoms with Gasteiger partial charge in [0, 0.05) is 27.3 Å². The molecule has 2 nitrogen and oxygen atoms in total. The van der Waals surface area contributed by atoms with Gasteiger partial charge in [-0.15, -0.1) is 0 Å². The molecule has 0 bridgehead atoms. The van der Waals surface area contributed by atoms with E-state index in [0.717, 1.165) is 49.5 Å². The van der Waals surface area contributed by atoms with E-state index >= 15 is 0 Å². The van der Waals surface area contributed by atoms with Crippen molar-refractivity contribution in [2.24, 2.45) is 0 Å². The van der Waals surface area contributed by atoms with Gasteiger partial charge in [0.25, 0.3) is 0 Å². The van der Waals surface area contributed by atoms with E-state index in [-0.39, 0.29) is 0 Å². The van der Waals surface area contributed by atoms with Crippen LogP contribution >= 0.6 is 0 Å². The highest BCUT2D eigenvalue weighted by Crippen LogP contribution is 2.42. The maximum Gasteiger partial charge on any atom is 0.0978 e. The van der Waals surface area contributed by atoms with E-state index in [0.29, 0.717) is 0 Å². The van der Waals surface area contributed by atoms with Gasteiger partial charge < -0.3 is 0 Å². The van der Waals surface area contributed by atoms with Crippen molar-refractivity contribution in [2.45, 2.75) is 0 Å². The number of pyridine rings is 2.